The first kappa shape index (κ1) is 23.1. The molecule has 0 unspecified atom stereocenters. The zero-order valence-corrected chi connectivity index (χ0v) is 19.9. The lowest BCUT2D eigenvalue weighted by Gasteiger charge is -2.30. The highest BCUT2D eigenvalue weighted by atomic mass is 16.5. The van der Waals surface area contributed by atoms with Crippen molar-refractivity contribution in [3.8, 4) is 17.2 Å². The predicted molar refractivity (Wildman–Crippen MR) is 132 cm³/mol. The predicted octanol–water partition coefficient (Wildman–Crippen LogP) is 5.60. The van der Waals surface area contributed by atoms with Crippen LogP contribution in [0.3, 0.4) is 0 Å². The number of rotatable bonds is 6. The van der Waals surface area contributed by atoms with Crippen LogP contribution in [0.25, 0.3) is 33.3 Å². The van der Waals surface area contributed by atoms with Gasteiger partial charge in [0.05, 0.1) is 35.8 Å². The molecule has 1 amide bonds. The van der Waals surface area contributed by atoms with Crippen molar-refractivity contribution in [2.75, 3.05) is 26.9 Å². The number of pyridine rings is 1. The number of aryl methyl sites for hydroxylation is 2. The third-order valence-electron chi connectivity index (χ3n) is 6.71. The first-order valence-corrected chi connectivity index (χ1v) is 11.6. The van der Waals surface area contributed by atoms with Crippen molar-refractivity contribution in [3.05, 3.63) is 64.1 Å². The van der Waals surface area contributed by atoms with Gasteiger partial charge in [0.15, 0.2) is 5.76 Å². The Morgan fingerprint density at radius 2 is 2.03 bits per heavy atom. The number of aromatic nitrogens is 1. The first-order valence-electron chi connectivity index (χ1n) is 11.6. The van der Waals surface area contributed by atoms with Gasteiger partial charge in [-0.1, -0.05) is 24.3 Å². The van der Waals surface area contributed by atoms with Crippen LogP contribution in [0.2, 0.25) is 0 Å². The summed E-state index contributed by atoms with van der Waals surface area (Å²) in [6.45, 7) is 5.38. The van der Waals surface area contributed by atoms with Gasteiger partial charge in [0.25, 0.3) is 0 Å². The number of nitroso groups, excluding NO2 is 1. The Morgan fingerprint density at radius 3 is 2.80 bits per heavy atom. The molecule has 1 aliphatic heterocycles. The number of furan rings is 1. The molecule has 5 rings (SSSR count). The average Bonchev–Trinajstić information content (AvgIpc) is 3.24. The zero-order valence-electron chi connectivity index (χ0n) is 19.9. The molecule has 2 aromatic carbocycles. The molecule has 4 aromatic rings. The van der Waals surface area contributed by atoms with Crippen LogP contribution >= 0.6 is 0 Å². The van der Waals surface area contributed by atoms with Crippen molar-refractivity contribution < 1.29 is 23.4 Å². The van der Waals surface area contributed by atoms with Gasteiger partial charge in [-0.05, 0) is 44.0 Å². The van der Waals surface area contributed by atoms with Crippen molar-refractivity contribution in [1.82, 2.24) is 4.98 Å². The van der Waals surface area contributed by atoms with Crippen LogP contribution < -0.4 is 4.74 Å². The topological polar surface area (TPSA) is 100 Å². The van der Waals surface area contributed by atoms with Crippen LogP contribution in [-0.2, 0) is 9.47 Å². The van der Waals surface area contributed by atoms with E-state index in [1.54, 1.807) is 19.2 Å². The molecule has 8 nitrogen and oxygen atoms in total. The number of hydrogen-bond acceptors (Lipinski definition) is 7. The van der Waals surface area contributed by atoms with Crippen molar-refractivity contribution in [3.63, 3.8) is 0 Å². The van der Waals surface area contributed by atoms with Crippen molar-refractivity contribution in [1.29, 1.82) is 0 Å². The number of amides is 1. The Morgan fingerprint density at radius 1 is 1.20 bits per heavy atom. The molecule has 1 fully saturated rings. The van der Waals surface area contributed by atoms with Crippen LogP contribution in [0, 0.1) is 24.7 Å². The molecule has 0 radical (unpaired) electrons. The molecule has 0 spiro atoms. The minimum atomic E-state index is -0.885. The van der Waals surface area contributed by atoms with E-state index >= 15 is 0 Å². The van der Waals surface area contributed by atoms with E-state index in [1.165, 1.54) is 0 Å². The zero-order chi connectivity index (χ0) is 24.5. The van der Waals surface area contributed by atoms with Crippen LogP contribution in [0.4, 0.5) is 0 Å². The Bertz CT molecular complexity index is 1430. The minimum absolute atomic E-state index is 0.0704. The molecule has 180 valence electrons. The molecular formula is C27H26N2O6. The fraction of sp³-hybridized carbons (Fsp3) is 0.333. The third-order valence-corrected chi connectivity index (χ3v) is 6.71. The number of nitrogens with zero attached hydrogens (tertiary/aromatic N) is 2. The molecule has 0 aliphatic carbocycles. The van der Waals surface area contributed by atoms with E-state index in [-0.39, 0.29) is 17.6 Å². The smallest absolute Gasteiger partial charge is 0.317 e. The summed E-state index contributed by atoms with van der Waals surface area (Å²) in [6, 6.07) is 12.9. The normalized spacial score (nSPS) is 18.1. The number of para-hydroxylation sites is 1. The molecule has 35 heavy (non-hydrogen) atoms. The molecule has 8 heteroatoms. The van der Waals surface area contributed by atoms with E-state index in [1.807, 2.05) is 44.2 Å². The fourth-order valence-corrected chi connectivity index (χ4v) is 4.72. The number of benzene rings is 2. The highest BCUT2D eigenvalue weighted by Crippen LogP contribution is 2.37. The lowest BCUT2D eigenvalue weighted by Crippen LogP contribution is -2.37. The van der Waals surface area contributed by atoms with Gasteiger partial charge in [-0.3, -0.25) is 4.79 Å². The van der Waals surface area contributed by atoms with E-state index in [4.69, 9.17) is 23.6 Å². The summed E-state index contributed by atoms with van der Waals surface area (Å²) in [5.74, 6) is 0.269. The van der Waals surface area contributed by atoms with Gasteiger partial charge in [-0.25, -0.2) is 4.98 Å². The molecule has 1 aliphatic rings. The fourth-order valence-electron chi connectivity index (χ4n) is 4.72. The number of carbonyl (C=O) groups excluding carboxylic acids is 1. The van der Waals surface area contributed by atoms with Gasteiger partial charge in [-0.15, -0.1) is 4.91 Å². The van der Waals surface area contributed by atoms with Crippen LogP contribution in [0.15, 0.2) is 52.1 Å². The monoisotopic (exact) mass is 474 g/mol. The highest BCUT2D eigenvalue weighted by molar-refractivity contribution is 6.10. The molecule has 1 saturated heterocycles. The summed E-state index contributed by atoms with van der Waals surface area (Å²) in [5, 5.41) is 4.14. The Kier molecular flexibility index (Phi) is 6.32. The average molecular weight is 475 g/mol. The van der Waals surface area contributed by atoms with E-state index in [0.717, 1.165) is 28.5 Å². The summed E-state index contributed by atoms with van der Waals surface area (Å²) in [4.78, 5) is 28.9. The maximum absolute atomic E-state index is 12.7. The van der Waals surface area contributed by atoms with Crippen molar-refractivity contribution in [2.45, 2.75) is 26.4 Å². The molecule has 0 bridgehead atoms. The highest BCUT2D eigenvalue weighted by Gasteiger charge is 2.27. The maximum atomic E-state index is 12.7. The molecule has 0 N–H and O–H groups in total. The molecule has 2 atom stereocenters. The second-order valence-corrected chi connectivity index (χ2v) is 8.82. The Hall–Kier alpha value is -3.62. The third kappa shape index (κ3) is 4.19. The van der Waals surface area contributed by atoms with E-state index in [9.17, 15) is 9.70 Å². The Labute approximate surface area is 202 Å². The van der Waals surface area contributed by atoms with Crippen LogP contribution in [0.5, 0.6) is 5.75 Å². The van der Waals surface area contributed by atoms with Gasteiger partial charge in [0, 0.05) is 35.8 Å². The first-order chi connectivity index (χ1) is 17.0. The second-order valence-electron chi connectivity index (χ2n) is 8.82. The quantitative estimate of drug-likeness (QED) is 0.335. The lowest BCUT2D eigenvalue weighted by atomic mass is 9.98. The molecule has 2 aromatic heterocycles. The van der Waals surface area contributed by atoms with E-state index < -0.39 is 5.91 Å². The summed E-state index contributed by atoms with van der Waals surface area (Å²) in [6.07, 6.45) is 0.733. The summed E-state index contributed by atoms with van der Waals surface area (Å²) >= 11 is 0. The van der Waals surface area contributed by atoms with Gasteiger partial charge in [0.1, 0.15) is 17.0 Å². The number of ether oxygens (including phenoxy) is 3. The molecule has 3 heterocycles. The number of fused-ring (bicyclic) bond motifs is 2. The van der Waals surface area contributed by atoms with E-state index in [2.05, 4.69) is 5.18 Å². The maximum Gasteiger partial charge on any atom is 0.317 e. The summed E-state index contributed by atoms with van der Waals surface area (Å²) < 4.78 is 23.3. The summed E-state index contributed by atoms with van der Waals surface area (Å²) in [5.41, 5.74) is 3.61. The second kappa shape index (κ2) is 9.56. The van der Waals surface area contributed by atoms with Crippen molar-refractivity contribution in [2.24, 2.45) is 11.1 Å². The molecule has 0 saturated carbocycles. The lowest BCUT2D eigenvalue weighted by molar-refractivity contribution is -0.0753. The SMILES string of the molecule is CO[C@H]1COCC[C@H]1COc1ccc(C)c2nc(-c3oc4ccccc4c3C)cc(C(=O)N=O)c12. The minimum Gasteiger partial charge on any atom is -0.492 e. The van der Waals surface area contributed by atoms with Crippen LogP contribution in [-0.4, -0.2) is 43.9 Å². The van der Waals surface area contributed by atoms with Gasteiger partial charge in [-0.2, -0.15) is 0 Å². The van der Waals surface area contributed by atoms with E-state index in [0.29, 0.717) is 47.9 Å². The Balaban J connectivity index is 1.63. The molecular weight excluding hydrogens is 448 g/mol. The van der Waals surface area contributed by atoms with Gasteiger partial charge in [0.2, 0.25) is 0 Å². The van der Waals surface area contributed by atoms with Crippen molar-refractivity contribution >= 4 is 27.8 Å². The largest absolute Gasteiger partial charge is 0.492 e. The standard InChI is InChI=1S/C27H26N2O6/c1-15-8-9-22(34-13-17-10-11-33-14-23(17)32-3)24-19(27(30)29-31)12-20(28-25(15)24)26-16(2)18-6-4-5-7-21(18)35-26/h4-9,12,17,23H,10-11,13-14H2,1-3H3/t17-,23-/m0/s1. The number of carbonyl (C=O) groups is 1. The van der Waals surface area contributed by atoms with Gasteiger partial charge >= 0.3 is 5.91 Å². The van der Waals surface area contributed by atoms with Gasteiger partial charge < -0.3 is 18.6 Å². The van der Waals surface area contributed by atoms with Crippen LogP contribution in [0.1, 0.15) is 27.9 Å². The summed E-state index contributed by atoms with van der Waals surface area (Å²) in [7, 11) is 1.66. The number of hydrogen-bond donors (Lipinski definition) is 0. The number of methoxy groups -OCH3 is 1.